The summed E-state index contributed by atoms with van der Waals surface area (Å²) in [6, 6.07) is 3.62. The van der Waals surface area contributed by atoms with Crippen molar-refractivity contribution >= 4 is 17.5 Å². The van der Waals surface area contributed by atoms with Crippen molar-refractivity contribution in [3.63, 3.8) is 0 Å². The molecule has 0 spiro atoms. The quantitative estimate of drug-likeness (QED) is 0.785. The number of methoxy groups -OCH3 is 1. The lowest BCUT2D eigenvalue weighted by Gasteiger charge is -2.13. The van der Waals surface area contributed by atoms with E-state index >= 15 is 0 Å². The summed E-state index contributed by atoms with van der Waals surface area (Å²) in [6.07, 6.45) is 1.22. The highest BCUT2D eigenvalue weighted by molar-refractivity contribution is 6.30. The lowest BCUT2D eigenvalue weighted by Crippen LogP contribution is -2.28. The molecule has 0 bridgehead atoms. The molecule has 0 fully saturated rings. The Labute approximate surface area is 126 Å². The summed E-state index contributed by atoms with van der Waals surface area (Å²) in [5, 5.41) is 3.54. The molecule has 0 saturated heterocycles. The third-order valence-corrected chi connectivity index (χ3v) is 3.19. The zero-order valence-corrected chi connectivity index (χ0v) is 13.4. The van der Waals surface area contributed by atoms with E-state index in [0.717, 1.165) is 29.8 Å². The fraction of sp³-hybridized carbons (Fsp3) is 0.533. The second-order valence-corrected chi connectivity index (χ2v) is 5.54. The number of carbonyl (C=O) groups is 1. The van der Waals surface area contributed by atoms with Crippen LogP contribution in [0.3, 0.4) is 0 Å². The molecule has 0 aliphatic rings. The molecule has 112 valence electrons. The second kappa shape index (κ2) is 8.12. The van der Waals surface area contributed by atoms with E-state index in [2.05, 4.69) is 10.2 Å². The van der Waals surface area contributed by atoms with Gasteiger partial charge in [-0.3, -0.25) is 4.79 Å². The van der Waals surface area contributed by atoms with Crippen molar-refractivity contribution < 1.29 is 9.53 Å². The number of hydrogen-bond donors (Lipinski definition) is 1. The molecule has 0 atom stereocenters. The molecule has 1 aromatic carbocycles. The van der Waals surface area contributed by atoms with E-state index in [1.807, 2.05) is 27.1 Å². The van der Waals surface area contributed by atoms with E-state index < -0.39 is 0 Å². The number of rotatable bonds is 7. The minimum absolute atomic E-state index is 0.0104. The van der Waals surface area contributed by atoms with Gasteiger partial charge in [-0.05, 0) is 51.7 Å². The molecule has 0 aliphatic heterocycles. The highest BCUT2D eigenvalue weighted by Gasteiger charge is 2.12. The van der Waals surface area contributed by atoms with Crippen LogP contribution in [0.4, 0.5) is 0 Å². The number of benzene rings is 1. The van der Waals surface area contributed by atoms with Gasteiger partial charge in [0.25, 0.3) is 0 Å². The number of amides is 1. The fourth-order valence-electron chi connectivity index (χ4n) is 2.08. The molecule has 0 radical (unpaired) electrons. The summed E-state index contributed by atoms with van der Waals surface area (Å²) < 4.78 is 5.34. The van der Waals surface area contributed by atoms with Crippen LogP contribution in [-0.4, -0.2) is 45.1 Å². The number of nitrogens with one attached hydrogen (secondary N) is 1. The number of ether oxygens (including phenoxy) is 1. The van der Waals surface area contributed by atoms with Crippen LogP contribution in [0.25, 0.3) is 0 Å². The molecule has 4 nitrogen and oxygen atoms in total. The first-order valence-corrected chi connectivity index (χ1v) is 7.06. The summed E-state index contributed by atoms with van der Waals surface area (Å²) in [7, 11) is 5.64. The third kappa shape index (κ3) is 5.39. The zero-order chi connectivity index (χ0) is 15.1. The first-order chi connectivity index (χ1) is 9.43. The Bertz CT molecular complexity index is 461. The maximum Gasteiger partial charge on any atom is 0.224 e. The monoisotopic (exact) mass is 298 g/mol. The average Bonchev–Trinajstić information content (AvgIpc) is 2.34. The SMILES string of the molecule is COc1c(C)cc(Cl)cc1CC(=O)NCCCN(C)C. The molecule has 20 heavy (non-hydrogen) atoms. The number of halogens is 1. The Morgan fingerprint density at radius 2 is 2.10 bits per heavy atom. The van der Waals surface area contributed by atoms with Crippen LogP contribution in [0.2, 0.25) is 5.02 Å². The number of hydrogen-bond acceptors (Lipinski definition) is 3. The van der Waals surface area contributed by atoms with E-state index in [0.29, 0.717) is 11.6 Å². The summed E-state index contributed by atoms with van der Waals surface area (Å²) in [6.45, 7) is 3.56. The van der Waals surface area contributed by atoms with Crippen LogP contribution in [0.5, 0.6) is 5.75 Å². The predicted molar refractivity (Wildman–Crippen MR) is 82.6 cm³/mol. The number of nitrogens with zero attached hydrogens (tertiary/aromatic N) is 1. The van der Waals surface area contributed by atoms with Crippen molar-refractivity contribution in [1.82, 2.24) is 10.2 Å². The minimum Gasteiger partial charge on any atom is -0.496 e. The maximum absolute atomic E-state index is 11.9. The number of aryl methyl sites for hydroxylation is 1. The molecule has 5 heteroatoms. The average molecular weight is 299 g/mol. The van der Waals surface area contributed by atoms with Crippen LogP contribution in [-0.2, 0) is 11.2 Å². The molecule has 0 unspecified atom stereocenters. The van der Waals surface area contributed by atoms with Crippen molar-refractivity contribution in [3.05, 3.63) is 28.3 Å². The predicted octanol–water partition coefficient (Wildman–Crippen LogP) is 2.27. The van der Waals surface area contributed by atoms with Gasteiger partial charge in [-0.2, -0.15) is 0 Å². The van der Waals surface area contributed by atoms with Crippen LogP contribution < -0.4 is 10.1 Å². The van der Waals surface area contributed by atoms with Gasteiger partial charge in [0.2, 0.25) is 5.91 Å². The van der Waals surface area contributed by atoms with Crippen molar-refractivity contribution in [2.45, 2.75) is 19.8 Å². The zero-order valence-electron chi connectivity index (χ0n) is 12.6. The van der Waals surface area contributed by atoms with Crippen LogP contribution in [0.15, 0.2) is 12.1 Å². The summed E-state index contributed by atoms with van der Waals surface area (Å²) in [5.74, 6) is 0.724. The minimum atomic E-state index is -0.0104. The molecule has 0 saturated carbocycles. The van der Waals surface area contributed by atoms with Gasteiger partial charge in [0.15, 0.2) is 0 Å². The Morgan fingerprint density at radius 3 is 2.70 bits per heavy atom. The molecule has 1 rings (SSSR count). The van der Waals surface area contributed by atoms with Gasteiger partial charge in [-0.1, -0.05) is 11.6 Å². The Balaban J connectivity index is 2.57. The fourth-order valence-corrected chi connectivity index (χ4v) is 2.38. The molecule has 1 N–H and O–H groups in total. The Hall–Kier alpha value is -1.26. The highest BCUT2D eigenvalue weighted by atomic mass is 35.5. The first-order valence-electron chi connectivity index (χ1n) is 6.68. The van der Waals surface area contributed by atoms with Gasteiger partial charge < -0.3 is 15.0 Å². The topological polar surface area (TPSA) is 41.6 Å². The summed E-state index contributed by atoms with van der Waals surface area (Å²) in [5.41, 5.74) is 1.76. The summed E-state index contributed by atoms with van der Waals surface area (Å²) in [4.78, 5) is 14.0. The van der Waals surface area contributed by atoms with E-state index in [-0.39, 0.29) is 12.3 Å². The molecule has 0 heterocycles. The third-order valence-electron chi connectivity index (χ3n) is 2.98. The van der Waals surface area contributed by atoms with Gasteiger partial charge in [0.1, 0.15) is 5.75 Å². The molecule has 0 aliphatic carbocycles. The van der Waals surface area contributed by atoms with E-state index in [4.69, 9.17) is 16.3 Å². The standard InChI is InChI=1S/C15H23ClN2O2/c1-11-8-13(16)9-12(15(11)20-4)10-14(19)17-6-5-7-18(2)3/h8-9H,5-7,10H2,1-4H3,(H,17,19). The molecular formula is C15H23ClN2O2. The smallest absolute Gasteiger partial charge is 0.224 e. The van der Waals surface area contributed by atoms with Crippen LogP contribution in [0, 0.1) is 6.92 Å². The number of carbonyl (C=O) groups excluding carboxylic acids is 1. The lowest BCUT2D eigenvalue weighted by molar-refractivity contribution is -0.120. The first kappa shape index (κ1) is 16.8. The van der Waals surface area contributed by atoms with Gasteiger partial charge in [0.05, 0.1) is 13.5 Å². The van der Waals surface area contributed by atoms with Crippen LogP contribution in [0.1, 0.15) is 17.5 Å². The van der Waals surface area contributed by atoms with E-state index in [1.54, 1.807) is 13.2 Å². The van der Waals surface area contributed by atoms with Crippen LogP contribution >= 0.6 is 11.6 Å². The normalized spacial score (nSPS) is 10.7. The van der Waals surface area contributed by atoms with Gasteiger partial charge in [-0.15, -0.1) is 0 Å². The molecule has 1 aromatic rings. The van der Waals surface area contributed by atoms with E-state index in [9.17, 15) is 4.79 Å². The van der Waals surface area contributed by atoms with Crippen molar-refractivity contribution in [1.29, 1.82) is 0 Å². The van der Waals surface area contributed by atoms with Gasteiger partial charge in [0, 0.05) is 17.1 Å². The van der Waals surface area contributed by atoms with Gasteiger partial charge >= 0.3 is 0 Å². The largest absolute Gasteiger partial charge is 0.496 e. The maximum atomic E-state index is 11.9. The molecule has 1 amide bonds. The molecular weight excluding hydrogens is 276 g/mol. The van der Waals surface area contributed by atoms with E-state index in [1.165, 1.54) is 0 Å². The van der Waals surface area contributed by atoms with Crippen molar-refractivity contribution in [2.24, 2.45) is 0 Å². The lowest BCUT2D eigenvalue weighted by atomic mass is 10.1. The second-order valence-electron chi connectivity index (χ2n) is 5.10. The molecule has 0 aromatic heterocycles. The Morgan fingerprint density at radius 1 is 1.40 bits per heavy atom. The highest BCUT2D eigenvalue weighted by Crippen LogP contribution is 2.27. The Kier molecular flexibility index (Phi) is 6.82. The van der Waals surface area contributed by atoms with Gasteiger partial charge in [-0.25, -0.2) is 0 Å². The van der Waals surface area contributed by atoms with Crippen molar-refractivity contribution in [3.8, 4) is 5.75 Å². The summed E-state index contributed by atoms with van der Waals surface area (Å²) >= 11 is 6.03. The van der Waals surface area contributed by atoms with Crippen molar-refractivity contribution in [2.75, 3.05) is 34.3 Å².